The van der Waals surface area contributed by atoms with Crippen molar-refractivity contribution in [3.8, 4) is 0 Å². The number of carbonyl (C=O) groups is 2. The molecule has 1 aliphatic carbocycles. The van der Waals surface area contributed by atoms with Crippen molar-refractivity contribution in [2.75, 3.05) is 6.54 Å². The Labute approximate surface area is 158 Å². The van der Waals surface area contributed by atoms with Crippen molar-refractivity contribution < 1.29 is 9.59 Å². The zero-order valence-electron chi connectivity index (χ0n) is 14.5. The van der Waals surface area contributed by atoms with E-state index in [1.165, 1.54) is 0 Å². The van der Waals surface area contributed by atoms with Crippen molar-refractivity contribution in [3.63, 3.8) is 0 Å². The molecular weight excluding hydrogens is 348 g/mol. The monoisotopic (exact) mass is 368 g/mol. The van der Waals surface area contributed by atoms with E-state index in [-0.39, 0.29) is 17.7 Å². The summed E-state index contributed by atoms with van der Waals surface area (Å²) in [4.78, 5) is 27.5. The number of halogens is 1. The number of carbonyl (C=O) groups excluding carboxylic acids is 2. The fraction of sp³-hybridized carbons (Fsp3) is 0.333. The molecule has 1 atom stereocenters. The average molecular weight is 369 g/mol. The van der Waals surface area contributed by atoms with Crippen LogP contribution in [-0.4, -0.2) is 23.3 Å². The number of hydrogen-bond donors (Lipinski definition) is 1. The van der Waals surface area contributed by atoms with E-state index in [1.54, 1.807) is 4.90 Å². The summed E-state index contributed by atoms with van der Waals surface area (Å²) in [6.45, 7) is 1.02. The van der Waals surface area contributed by atoms with Crippen molar-refractivity contribution in [2.45, 2.75) is 31.8 Å². The lowest BCUT2D eigenvalue weighted by molar-refractivity contribution is -0.142. The van der Waals surface area contributed by atoms with E-state index in [0.29, 0.717) is 18.1 Å². The topological polar surface area (TPSA) is 49.4 Å². The Morgan fingerprint density at radius 1 is 1.08 bits per heavy atom. The molecule has 4 nitrogen and oxygen atoms in total. The zero-order chi connectivity index (χ0) is 18.1. The summed E-state index contributed by atoms with van der Waals surface area (Å²) in [5.74, 6) is 0.0964. The first kappa shape index (κ1) is 17.1. The van der Waals surface area contributed by atoms with E-state index < -0.39 is 6.04 Å². The van der Waals surface area contributed by atoms with Crippen molar-refractivity contribution in [3.05, 3.63) is 70.2 Å². The second-order valence-electron chi connectivity index (χ2n) is 7.00. The molecular formula is C21H21ClN2O2. The van der Waals surface area contributed by atoms with E-state index in [1.807, 2.05) is 48.5 Å². The van der Waals surface area contributed by atoms with Gasteiger partial charge in [0.1, 0.15) is 6.04 Å². The number of fused-ring (bicyclic) bond motifs is 1. The fourth-order valence-corrected chi connectivity index (χ4v) is 3.67. The molecule has 0 saturated heterocycles. The number of nitrogens with one attached hydrogen (secondary N) is 1. The number of nitrogens with zero attached hydrogens (tertiary/aromatic N) is 1. The molecule has 1 fully saturated rings. The van der Waals surface area contributed by atoms with Crippen LogP contribution in [0.1, 0.15) is 35.6 Å². The molecule has 0 radical (unpaired) electrons. The van der Waals surface area contributed by atoms with Crippen LogP contribution in [0.15, 0.2) is 48.5 Å². The van der Waals surface area contributed by atoms with Gasteiger partial charge in [0.2, 0.25) is 11.8 Å². The molecule has 2 amide bonds. The Kier molecular flexibility index (Phi) is 4.68. The van der Waals surface area contributed by atoms with Gasteiger partial charge in [0.05, 0.1) is 0 Å². The molecule has 2 aromatic carbocycles. The Morgan fingerprint density at radius 3 is 2.54 bits per heavy atom. The van der Waals surface area contributed by atoms with Gasteiger partial charge in [-0.05, 0) is 48.1 Å². The van der Waals surface area contributed by atoms with Crippen LogP contribution in [0.3, 0.4) is 0 Å². The van der Waals surface area contributed by atoms with Crippen LogP contribution in [0.25, 0.3) is 0 Å². The van der Waals surface area contributed by atoms with Crippen LogP contribution in [-0.2, 0) is 22.6 Å². The molecule has 0 spiro atoms. The molecule has 1 unspecified atom stereocenters. The van der Waals surface area contributed by atoms with E-state index in [9.17, 15) is 9.59 Å². The van der Waals surface area contributed by atoms with E-state index in [0.717, 1.165) is 36.0 Å². The summed E-state index contributed by atoms with van der Waals surface area (Å²) in [5, 5.41) is 3.67. The SMILES string of the molecule is O=C(NCc1ccc(Cl)cc1)C1c2ccccc2CCN1C(=O)C1CC1. The van der Waals surface area contributed by atoms with E-state index in [4.69, 9.17) is 11.6 Å². The van der Waals surface area contributed by atoms with Gasteiger partial charge in [-0.15, -0.1) is 0 Å². The van der Waals surface area contributed by atoms with Crippen LogP contribution < -0.4 is 5.32 Å². The molecule has 0 bridgehead atoms. The quantitative estimate of drug-likeness (QED) is 0.898. The summed E-state index contributed by atoms with van der Waals surface area (Å²) in [5.41, 5.74) is 3.08. The molecule has 1 heterocycles. The predicted molar refractivity (Wildman–Crippen MR) is 101 cm³/mol. The minimum atomic E-state index is -0.541. The van der Waals surface area contributed by atoms with Gasteiger partial charge in [0.15, 0.2) is 0 Å². The average Bonchev–Trinajstić information content (AvgIpc) is 3.51. The highest BCUT2D eigenvalue weighted by molar-refractivity contribution is 6.30. The third-order valence-corrected chi connectivity index (χ3v) is 5.37. The molecule has 134 valence electrons. The van der Waals surface area contributed by atoms with Crippen LogP contribution in [0.4, 0.5) is 0 Å². The molecule has 1 saturated carbocycles. The Balaban J connectivity index is 1.55. The summed E-state index contributed by atoms with van der Waals surface area (Å²) < 4.78 is 0. The highest BCUT2D eigenvalue weighted by Gasteiger charge is 2.41. The van der Waals surface area contributed by atoms with Gasteiger partial charge in [-0.2, -0.15) is 0 Å². The number of amides is 2. The molecule has 2 aromatic rings. The third-order valence-electron chi connectivity index (χ3n) is 5.12. The summed E-state index contributed by atoms with van der Waals surface area (Å²) in [7, 11) is 0. The lowest BCUT2D eigenvalue weighted by Gasteiger charge is -2.36. The Bertz CT molecular complexity index is 830. The Hall–Kier alpha value is -2.33. The maximum Gasteiger partial charge on any atom is 0.247 e. The molecule has 2 aliphatic rings. The summed E-state index contributed by atoms with van der Waals surface area (Å²) >= 11 is 5.91. The maximum absolute atomic E-state index is 13.0. The minimum Gasteiger partial charge on any atom is -0.350 e. The standard InChI is InChI=1S/C21H21ClN2O2/c22-17-9-5-14(6-10-17)13-23-20(25)19-18-4-2-1-3-15(18)11-12-24(19)21(26)16-7-8-16/h1-6,9-10,16,19H,7-8,11-13H2,(H,23,25). The first-order valence-corrected chi connectivity index (χ1v) is 9.42. The lowest BCUT2D eigenvalue weighted by Crippen LogP contribution is -2.47. The van der Waals surface area contributed by atoms with Crippen molar-refractivity contribution in [1.29, 1.82) is 0 Å². The van der Waals surface area contributed by atoms with Crippen molar-refractivity contribution in [2.24, 2.45) is 5.92 Å². The van der Waals surface area contributed by atoms with Crippen LogP contribution in [0, 0.1) is 5.92 Å². The first-order valence-electron chi connectivity index (χ1n) is 9.04. The van der Waals surface area contributed by atoms with Gasteiger partial charge in [-0.25, -0.2) is 0 Å². The fourth-order valence-electron chi connectivity index (χ4n) is 3.54. The molecule has 26 heavy (non-hydrogen) atoms. The molecule has 1 N–H and O–H groups in total. The molecule has 4 rings (SSSR count). The zero-order valence-corrected chi connectivity index (χ0v) is 15.2. The predicted octanol–water partition coefficient (Wildman–Crippen LogP) is 3.49. The summed E-state index contributed by atoms with van der Waals surface area (Å²) in [6, 6.07) is 14.8. The van der Waals surface area contributed by atoms with Crippen LogP contribution in [0.2, 0.25) is 5.02 Å². The third kappa shape index (κ3) is 3.47. The first-order chi connectivity index (χ1) is 12.6. The number of rotatable bonds is 4. The van der Waals surface area contributed by atoms with Gasteiger partial charge in [-0.3, -0.25) is 9.59 Å². The van der Waals surface area contributed by atoms with E-state index in [2.05, 4.69) is 5.32 Å². The second kappa shape index (κ2) is 7.12. The van der Waals surface area contributed by atoms with E-state index >= 15 is 0 Å². The normalized spacial score (nSPS) is 19.0. The van der Waals surface area contributed by atoms with Crippen LogP contribution in [0.5, 0.6) is 0 Å². The maximum atomic E-state index is 13.0. The van der Waals surface area contributed by atoms with Crippen molar-refractivity contribution in [1.82, 2.24) is 10.2 Å². The van der Waals surface area contributed by atoms with Crippen molar-refractivity contribution >= 4 is 23.4 Å². The minimum absolute atomic E-state index is 0.104. The number of hydrogen-bond acceptors (Lipinski definition) is 2. The highest BCUT2D eigenvalue weighted by atomic mass is 35.5. The van der Waals surface area contributed by atoms with Gasteiger partial charge in [0, 0.05) is 24.0 Å². The van der Waals surface area contributed by atoms with Gasteiger partial charge in [0.25, 0.3) is 0 Å². The summed E-state index contributed by atoms with van der Waals surface area (Å²) in [6.07, 6.45) is 2.68. The Morgan fingerprint density at radius 2 is 1.81 bits per heavy atom. The molecule has 0 aromatic heterocycles. The number of benzene rings is 2. The molecule has 1 aliphatic heterocycles. The highest BCUT2D eigenvalue weighted by Crippen LogP contribution is 2.37. The largest absolute Gasteiger partial charge is 0.350 e. The smallest absolute Gasteiger partial charge is 0.247 e. The van der Waals surface area contributed by atoms with Gasteiger partial charge < -0.3 is 10.2 Å². The lowest BCUT2D eigenvalue weighted by atomic mass is 9.91. The van der Waals surface area contributed by atoms with Gasteiger partial charge >= 0.3 is 0 Å². The molecule has 5 heteroatoms. The van der Waals surface area contributed by atoms with Gasteiger partial charge in [-0.1, -0.05) is 48.0 Å². The van der Waals surface area contributed by atoms with Crippen LogP contribution >= 0.6 is 11.6 Å². The second-order valence-corrected chi connectivity index (χ2v) is 7.44.